The van der Waals surface area contributed by atoms with Gasteiger partial charge in [0.15, 0.2) is 0 Å². The highest BCUT2D eigenvalue weighted by Crippen LogP contribution is 2.38. The molecule has 0 radical (unpaired) electrons. The lowest BCUT2D eigenvalue weighted by Gasteiger charge is -2.16. The number of anilines is 3. The fraction of sp³-hybridized carbons (Fsp3) is 0.357. The Morgan fingerprint density at radius 1 is 0.780 bits per heavy atom. The summed E-state index contributed by atoms with van der Waals surface area (Å²) >= 11 is 3.23. The van der Waals surface area contributed by atoms with Crippen LogP contribution in [-0.4, -0.2) is 40.5 Å². The van der Waals surface area contributed by atoms with Crippen LogP contribution >= 0.6 is 15.9 Å². The number of halogens is 3. The number of hydrogen-bond donors (Lipinski definition) is 3. The van der Waals surface area contributed by atoms with Crippen LogP contribution in [0.2, 0.25) is 0 Å². The predicted molar refractivity (Wildman–Crippen MR) is 158 cm³/mol. The molecule has 5 aromatic rings. The van der Waals surface area contributed by atoms with E-state index in [0.717, 1.165) is 49.3 Å². The largest absolute Gasteiger partial charge is 0.368 e. The minimum Gasteiger partial charge on any atom is -0.368 e. The molecule has 7 rings (SSSR count). The molecule has 2 saturated carbocycles. The summed E-state index contributed by atoms with van der Waals surface area (Å²) in [5.74, 6) is 0.0423. The second-order valence-electron chi connectivity index (χ2n) is 10.4. The number of nitrogens with two attached hydrogens (primary N) is 2. The number of aromatic nitrogens is 7. The Balaban J connectivity index is 0.000000148. The maximum atomic E-state index is 14.2. The van der Waals surface area contributed by atoms with Gasteiger partial charge in [-0.05, 0) is 53.7 Å². The third-order valence-corrected chi connectivity index (χ3v) is 8.51. The second kappa shape index (κ2) is 11.5. The molecule has 0 atom stereocenters. The summed E-state index contributed by atoms with van der Waals surface area (Å²) in [7, 11) is 0. The number of rotatable bonds is 4. The predicted octanol–water partition coefficient (Wildman–Crippen LogP) is 6.19. The SMILES string of the molecule is Nc1ncc(-c2ccnc(F)c2Br)c(NC2CCCC2)n1.Nc1ncc2c3ccnc(F)c3n(C3CCCC3)c2n1. The van der Waals surface area contributed by atoms with E-state index in [4.69, 9.17) is 11.5 Å². The van der Waals surface area contributed by atoms with E-state index in [9.17, 15) is 8.78 Å². The first-order valence-electron chi connectivity index (χ1n) is 13.7. The van der Waals surface area contributed by atoms with Crippen molar-refractivity contribution in [3.8, 4) is 11.1 Å². The summed E-state index contributed by atoms with van der Waals surface area (Å²) in [6.07, 6.45) is 15.2. The average molecular weight is 624 g/mol. The van der Waals surface area contributed by atoms with Crippen LogP contribution in [0, 0.1) is 11.9 Å². The van der Waals surface area contributed by atoms with Gasteiger partial charge in [0, 0.05) is 58.8 Å². The molecule has 0 bridgehead atoms. The van der Waals surface area contributed by atoms with Gasteiger partial charge < -0.3 is 21.4 Å². The quantitative estimate of drug-likeness (QED) is 0.199. The van der Waals surface area contributed by atoms with Crippen molar-refractivity contribution in [1.29, 1.82) is 0 Å². The van der Waals surface area contributed by atoms with E-state index in [2.05, 4.69) is 51.2 Å². The van der Waals surface area contributed by atoms with Crippen molar-refractivity contribution < 1.29 is 8.78 Å². The molecule has 5 heterocycles. The van der Waals surface area contributed by atoms with E-state index in [0.29, 0.717) is 38.6 Å². The zero-order valence-electron chi connectivity index (χ0n) is 22.2. The van der Waals surface area contributed by atoms with Gasteiger partial charge in [-0.1, -0.05) is 25.7 Å². The number of nitrogen functional groups attached to an aromatic ring is 2. The van der Waals surface area contributed by atoms with Crippen LogP contribution in [0.4, 0.5) is 26.5 Å². The molecular formula is C28H29BrF2N10. The molecule has 0 spiro atoms. The molecule has 2 fully saturated rings. The van der Waals surface area contributed by atoms with E-state index in [1.165, 1.54) is 25.2 Å². The Morgan fingerprint density at radius 3 is 2.22 bits per heavy atom. The molecule has 5 N–H and O–H groups in total. The molecule has 0 aromatic carbocycles. The average Bonchev–Trinajstić information content (AvgIpc) is 3.72. The second-order valence-corrected chi connectivity index (χ2v) is 11.1. The van der Waals surface area contributed by atoms with Gasteiger partial charge in [-0.2, -0.15) is 18.7 Å². The normalized spacial score (nSPS) is 15.9. The van der Waals surface area contributed by atoms with Crippen molar-refractivity contribution in [1.82, 2.24) is 34.5 Å². The van der Waals surface area contributed by atoms with E-state index in [-0.39, 0.29) is 17.9 Å². The highest BCUT2D eigenvalue weighted by atomic mass is 79.9. The van der Waals surface area contributed by atoms with Crippen LogP contribution in [0.3, 0.4) is 0 Å². The van der Waals surface area contributed by atoms with Crippen molar-refractivity contribution >= 4 is 55.6 Å². The number of fused-ring (bicyclic) bond motifs is 3. The molecule has 41 heavy (non-hydrogen) atoms. The first-order chi connectivity index (χ1) is 19.9. The van der Waals surface area contributed by atoms with Gasteiger partial charge in [-0.3, -0.25) is 0 Å². The number of hydrogen-bond acceptors (Lipinski definition) is 9. The Morgan fingerprint density at radius 2 is 1.44 bits per heavy atom. The molecule has 5 aromatic heterocycles. The van der Waals surface area contributed by atoms with E-state index in [1.54, 1.807) is 18.5 Å². The van der Waals surface area contributed by atoms with Gasteiger partial charge in [0.1, 0.15) is 17.0 Å². The summed E-state index contributed by atoms with van der Waals surface area (Å²) in [5, 5.41) is 5.04. The third kappa shape index (κ3) is 5.37. The van der Waals surface area contributed by atoms with Gasteiger partial charge in [-0.25, -0.2) is 19.9 Å². The van der Waals surface area contributed by atoms with Gasteiger partial charge in [0.25, 0.3) is 0 Å². The maximum absolute atomic E-state index is 14.2. The zero-order valence-corrected chi connectivity index (χ0v) is 23.8. The molecule has 2 aliphatic carbocycles. The lowest BCUT2D eigenvalue weighted by molar-refractivity contribution is 0.526. The number of nitrogens with zero attached hydrogens (tertiary/aromatic N) is 7. The lowest BCUT2D eigenvalue weighted by Crippen LogP contribution is -2.17. The summed E-state index contributed by atoms with van der Waals surface area (Å²) < 4.78 is 30.1. The summed E-state index contributed by atoms with van der Waals surface area (Å²) in [6, 6.07) is 4.18. The molecule has 10 nitrogen and oxygen atoms in total. The van der Waals surface area contributed by atoms with Gasteiger partial charge >= 0.3 is 0 Å². The molecule has 0 unspecified atom stereocenters. The minimum absolute atomic E-state index is 0.199. The third-order valence-electron chi connectivity index (χ3n) is 7.76. The van der Waals surface area contributed by atoms with Gasteiger partial charge in [0.2, 0.25) is 23.8 Å². The van der Waals surface area contributed by atoms with Crippen molar-refractivity contribution in [3.63, 3.8) is 0 Å². The molecule has 0 aliphatic heterocycles. The van der Waals surface area contributed by atoms with Gasteiger partial charge in [0.05, 0.1) is 4.47 Å². The van der Waals surface area contributed by atoms with Crippen molar-refractivity contribution in [2.24, 2.45) is 0 Å². The van der Waals surface area contributed by atoms with E-state index >= 15 is 0 Å². The van der Waals surface area contributed by atoms with Crippen LogP contribution in [-0.2, 0) is 0 Å². The highest BCUT2D eigenvalue weighted by Gasteiger charge is 2.25. The summed E-state index contributed by atoms with van der Waals surface area (Å²) in [4.78, 5) is 24.1. The molecule has 2 aliphatic rings. The van der Waals surface area contributed by atoms with Crippen LogP contribution in [0.1, 0.15) is 57.4 Å². The lowest BCUT2D eigenvalue weighted by atomic mass is 10.1. The van der Waals surface area contributed by atoms with Gasteiger partial charge in [-0.15, -0.1) is 0 Å². The van der Waals surface area contributed by atoms with Crippen LogP contribution < -0.4 is 16.8 Å². The minimum atomic E-state index is -0.559. The summed E-state index contributed by atoms with van der Waals surface area (Å²) in [6.45, 7) is 0. The number of nitrogens with one attached hydrogen (secondary N) is 1. The van der Waals surface area contributed by atoms with Crippen LogP contribution in [0.25, 0.3) is 33.1 Å². The Hall–Kier alpha value is -4.00. The molecule has 0 saturated heterocycles. The van der Waals surface area contributed by atoms with Crippen LogP contribution in [0.5, 0.6) is 0 Å². The topological polar surface area (TPSA) is 146 Å². The first-order valence-corrected chi connectivity index (χ1v) is 14.5. The number of pyridine rings is 2. The van der Waals surface area contributed by atoms with Crippen molar-refractivity contribution in [2.75, 3.05) is 16.8 Å². The van der Waals surface area contributed by atoms with Crippen molar-refractivity contribution in [3.05, 3.63) is 53.3 Å². The fourth-order valence-electron chi connectivity index (χ4n) is 5.85. The Labute approximate surface area is 243 Å². The van der Waals surface area contributed by atoms with Crippen molar-refractivity contribution in [2.45, 2.75) is 63.5 Å². The Bertz CT molecular complexity index is 1710. The van der Waals surface area contributed by atoms with Crippen LogP contribution in [0.15, 0.2) is 41.4 Å². The molecule has 0 amide bonds. The van der Waals surface area contributed by atoms with E-state index < -0.39 is 11.9 Å². The van der Waals surface area contributed by atoms with E-state index in [1.807, 2.05) is 10.6 Å². The monoisotopic (exact) mass is 622 g/mol. The Kier molecular flexibility index (Phi) is 7.61. The summed E-state index contributed by atoms with van der Waals surface area (Å²) in [5.41, 5.74) is 14.0. The molecule has 212 valence electrons. The highest BCUT2D eigenvalue weighted by molar-refractivity contribution is 9.10. The fourth-order valence-corrected chi connectivity index (χ4v) is 6.30. The standard InChI is InChI=1S/C14H15BrFN5.C14H14FN5/c15-11-9(5-6-18-12(11)16)10-7-19-14(17)21-13(10)20-8-3-1-2-4-8;15-12-11-9(5-6-17-12)10-7-18-14(16)19-13(10)20(11)8-3-1-2-4-8/h5-8H,1-4H2,(H3,17,19,20,21);5-8H,1-4H2,(H2,16,18,19). The molecular weight excluding hydrogens is 594 g/mol. The first kappa shape index (κ1) is 27.2. The smallest absolute Gasteiger partial charge is 0.237 e. The molecule has 13 heteroatoms. The maximum Gasteiger partial charge on any atom is 0.237 e. The zero-order chi connectivity index (χ0) is 28.5.